The largest absolute Gasteiger partial charge is 0.505 e. The lowest BCUT2D eigenvalue weighted by Crippen LogP contribution is -2.32. The number of hydrogen-bond donors (Lipinski definition) is 3. The molecule has 0 amide bonds. The summed E-state index contributed by atoms with van der Waals surface area (Å²) in [6.07, 6.45) is 0. The van der Waals surface area contributed by atoms with Crippen LogP contribution in [0.15, 0.2) is 12.1 Å². The van der Waals surface area contributed by atoms with Gasteiger partial charge in [0.25, 0.3) is 5.69 Å². The first kappa shape index (κ1) is 17.6. The number of aliphatic hydroxyl groups excluding tert-OH is 1. The van der Waals surface area contributed by atoms with E-state index in [2.05, 4.69) is 0 Å². The molecular weight excluding hydrogens is 279 g/mol. The van der Waals surface area contributed by atoms with Crippen LogP contribution in [0.1, 0.15) is 25.5 Å². The topological polar surface area (TPSA) is 110 Å². The Bertz CT molecular complexity index is 482. The van der Waals surface area contributed by atoms with Crippen LogP contribution in [0, 0.1) is 21.3 Å². The van der Waals surface area contributed by atoms with E-state index in [1.54, 1.807) is 13.8 Å². The smallest absolute Gasteiger partial charge is 0.272 e. The summed E-state index contributed by atoms with van der Waals surface area (Å²) in [5.74, 6) is -1.84. The highest BCUT2D eigenvalue weighted by molar-refractivity contribution is 5.85. The molecule has 0 bridgehead atoms. The van der Waals surface area contributed by atoms with Gasteiger partial charge in [-0.25, -0.2) is 4.39 Å². The van der Waals surface area contributed by atoms with Crippen molar-refractivity contribution in [2.75, 3.05) is 6.61 Å². The monoisotopic (exact) mass is 294 g/mol. The van der Waals surface area contributed by atoms with Crippen LogP contribution in [0.4, 0.5) is 10.1 Å². The van der Waals surface area contributed by atoms with Gasteiger partial charge in [-0.15, -0.1) is 12.4 Å². The maximum atomic E-state index is 13.4. The first-order chi connectivity index (χ1) is 8.20. The lowest BCUT2D eigenvalue weighted by molar-refractivity contribution is -0.385. The molecule has 6 nitrogen and oxygen atoms in total. The lowest BCUT2D eigenvalue weighted by Gasteiger charge is -2.30. The standard InChI is InChI=1S/C11H15FN2O4.ClH/c1-11(2,5-15)10(13)7-3-6(14(17)18)4-8(12)9(7)16;/h3-4,10,15-16H,5,13H2,1-2H3;1H/t10-;/m1./s1. The number of nitro benzene ring substituents is 1. The molecule has 0 unspecified atom stereocenters. The van der Waals surface area contributed by atoms with Crippen molar-refractivity contribution in [1.29, 1.82) is 0 Å². The van der Waals surface area contributed by atoms with Gasteiger partial charge in [0.2, 0.25) is 0 Å². The molecule has 0 aliphatic rings. The molecule has 19 heavy (non-hydrogen) atoms. The SMILES string of the molecule is CC(C)(CO)[C@H](N)c1cc([N+](=O)[O-])cc(F)c1O.Cl. The minimum Gasteiger partial charge on any atom is -0.505 e. The molecule has 108 valence electrons. The van der Waals surface area contributed by atoms with Crippen molar-refractivity contribution in [2.24, 2.45) is 11.1 Å². The van der Waals surface area contributed by atoms with E-state index in [1.165, 1.54) is 0 Å². The maximum absolute atomic E-state index is 13.4. The fraction of sp³-hybridized carbons (Fsp3) is 0.455. The highest BCUT2D eigenvalue weighted by Gasteiger charge is 2.31. The summed E-state index contributed by atoms with van der Waals surface area (Å²) in [6.45, 7) is 2.90. The first-order valence-corrected chi connectivity index (χ1v) is 5.24. The number of non-ortho nitro benzene ring substituents is 1. The van der Waals surface area contributed by atoms with E-state index in [-0.39, 0.29) is 24.6 Å². The van der Waals surface area contributed by atoms with E-state index in [0.717, 1.165) is 6.07 Å². The number of hydrogen-bond acceptors (Lipinski definition) is 5. The van der Waals surface area contributed by atoms with Gasteiger partial charge in [0.05, 0.1) is 11.0 Å². The van der Waals surface area contributed by atoms with Crippen LogP contribution in [0.25, 0.3) is 0 Å². The quantitative estimate of drug-likeness (QED) is 0.580. The Morgan fingerprint density at radius 1 is 1.53 bits per heavy atom. The Morgan fingerprint density at radius 2 is 2.05 bits per heavy atom. The molecule has 0 radical (unpaired) electrons. The molecule has 0 saturated heterocycles. The summed E-state index contributed by atoms with van der Waals surface area (Å²) < 4.78 is 13.4. The molecule has 1 aromatic carbocycles. The molecular formula is C11H16ClFN2O4. The third kappa shape index (κ3) is 3.52. The van der Waals surface area contributed by atoms with Crippen LogP contribution in [0.3, 0.4) is 0 Å². The average Bonchev–Trinajstić information content (AvgIpc) is 2.31. The van der Waals surface area contributed by atoms with Gasteiger partial charge in [-0.05, 0) is 0 Å². The van der Waals surface area contributed by atoms with Crippen molar-refractivity contribution in [3.63, 3.8) is 0 Å². The number of nitro groups is 1. The van der Waals surface area contributed by atoms with Gasteiger partial charge in [-0.2, -0.15) is 0 Å². The predicted octanol–water partition coefficient (Wildman–Crippen LogP) is 1.88. The summed E-state index contributed by atoms with van der Waals surface area (Å²) in [5, 5.41) is 29.4. The highest BCUT2D eigenvalue weighted by Crippen LogP contribution is 2.38. The zero-order valence-electron chi connectivity index (χ0n) is 10.5. The predicted molar refractivity (Wildman–Crippen MR) is 69.8 cm³/mol. The second-order valence-corrected chi connectivity index (χ2v) is 4.75. The Balaban J connectivity index is 0.00000324. The van der Waals surface area contributed by atoms with Crippen molar-refractivity contribution < 1.29 is 19.5 Å². The van der Waals surface area contributed by atoms with Gasteiger partial charge in [-0.1, -0.05) is 13.8 Å². The van der Waals surface area contributed by atoms with Gasteiger partial charge >= 0.3 is 0 Å². The number of aromatic hydroxyl groups is 1. The van der Waals surface area contributed by atoms with E-state index < -0.39 is 33.6 Å². The van der Waals surface area contributed by atoms with Crippen molar-refractivity contribution >= 4 is 18.1 Å². The second kappa shape index (κ2) is 6.14. The highest BCUT2D eigenvalue weighted by atomic mass is 35.5. The number of phenolic OH excluding ortho intramolecular Hbond substituents is 1. The summed E-state index contributed by atoms with van der Waals surface area (Å²) in [7, 11) is 0. The molecule has 8 heteroatoms. The number of halogens is 2. The zero-order chi connectivity index (χ0) is 14.1. The minimum absolute atomic E-state index is 0. The van der Waals surface area contributed by atoms with Gasteiger partial charge in [0.1, 0.15) is 0 Å². The average molecular weight is 295 g/mol. The van der Waals surface area contributed by atoms with Crippen LogP contribution in [-0.4, -0.2) is 21.7 Å². The van der Waals surface area contributed by atoms with Crippen LogP contribution >= 0.6 is 12.4 Å². The van der Waals surface area contributed by atoms with Crippen LogP contribution in [-0.2, 0) is 0 Å². The molecule has 1 atom stereocenters. The molecule has 0 aliphatic heterocycles. The van der Waals surface area contributed by atoms with Gasteiger partial charge < -0.3 is 15.9 Å². The lowest BCUT2D eigenvalue weighted by atomic mass is 9.81. The third-order valence-electron chi connectivity index (χ3n) is 2.87. The zero-order valence-corrected chi connectivity index (χ0v) is 11.3. The Labute approximate surface area is 115 Å². The summed E-state index contributed by atoms with van der Waals surface area (Å²) >= 11 is 0. The van der Waals surface area contributed by atoms with Gasteiger partial charge in [-0.3, -0.25) is 10.1 Å². The minimum atomic E-state index is -1.11. The molecule has 1 rings (SSSR count). The summed E-state index contributed by atoms with van der Waals surface area (Å²) in [4.78, 5) is 9.85. The second-order valence-electron chi connectivity index (χ2n) is 4.75. The van der Waals surface area contributed by atoms with E-state index >= 15 is 0 Å². The molecule has 0 aliphatic carbocycles. The Kier molecular flexibility index (Phi) is 5.67. The Hall–Kier alpha value is -1.44. The molecule has 0 saturated carbocycles. The van der Waals surface area contributed by atoms with Gasteiger partial charge in [0.15, 0.2) is 11.6 Å². The van der Waals surface area contributed by atoms with Crippen molar-refractivity contribution in [2.45, 2.75) is 19.9 Å². The number of benzene rings is 1. The molecule has 0 fully saturated rings. The molecule has 0 spiro atoms. The normalized spacial score (nSPS) is 12.7. The third-order valence-corrected chi connectivity index (χ3v) is 2.87. The van der Waals surface area contributed by atoms with Crippen molar-refractivity contribution in [3.05, 3.63) is 33.6 Å². The number of phenols is 1. The fourth-order valence-corrected chi connectivity index (χ4v) is 1.47. The number of rotatable bonds is 4. The summed E-state index contributed by atoms with van der Waals surface area (Å²) in [6, 6.07) is 0.703. The van der Waals surface area contributed by atoms with Crippen molar-refractivity contribution in [3.8, 4) is 5.75 Å². The van der Waals surface area contributed by atoms with E-state index in [9.17, 15) is 24.7 Å². The van der Waals surface area contributed by atoms with Crippen LogP contribution in [0.5, 0.6) is 5.75 Å². The van der Waals surface area contributed by atoms with Gasteiger partial charge in [0, 0.05) is 29.7 Å². The number of aliphatic hydroxyl groups is 1. The van der Waals surface area contributed by atoms with Crippen molar-refractivity contribution in [1.82, 2.24) is 0 Å². The van der Waals surface area contributed by atoms with E-state index in [4.69, 9.17) is 5.73 Å². The molecule has 0 aromatic heterocycles. The molecule has 4 N–H and O–H groups in total. The maximum Gasteiger partial charge on any atom is 0.272 e. The summed E-state index contributed by atoms with van der Waals surface area (Å²) in [5.41, 5.74) is 4.37. The Morgan fingerprint density at radius 3 is 2.47 bits per heavy atom. The number of nitrogens with two attached hydrogens (primary N) is 1. The number of nitrogens with zero attached hydrogens (tertiary/aromatic N) is 1. The molecule has 1 aromatic rings. The van der Waals surface area contributed by atoms with E-state index in [0.29, 0.717) is 6.07 Å². The van der Waals surface area contributed by atoms with Crippen LogP contribution in [0.2, 0.25) is 0 Å². The fourth-order valence-electron chi connectivity index (χ4n) is 1.47. The first-order valence-electron chi connectivity index (χ1n) is 5.24. The van der Waals surface area contributed by atoms with Crippen LogP contribution < -0.4 is 5.73 Å². The van der Waals surface area contributed by atoms with E-state index in [1.807, 2.05) is 0 Å². The molecule has 0 heterocycles.